The zero-order valence-corrected chi connectivity index (χ0v) is 10.5. The lowest BCUT2D eigenvalue weighted by Crippen LogP contribution is -2.34. The van der Waals surface area contributed by atoms with E-state index in [0.29, 0.717) is 21.4 Å². The number of hydrogen-bond donors (Lipinski definition) is 1. The topological polar surface area (TPSA) is 55.6 Å². The number of nitrogens with two attached hydrogens (primary N) is 1. The van der Waals surface area contributed by atoms with Crippen molar-refractivity contribution in [1.82, 2.24) is 5.01 Å². The molecule has 0 unspecified atom stereocenters. The van der Waals surface area contributed by atoms with E-state index in [2.05, 4.69) is 0 Å². The molecular weight excluding hydrogens is 251 g/mol. The van der Waals surface area contributed by atoms with E-state index in [-0.39, 0.29) is 12.3 Å². The smallest absolute Gasteiger partial charge is 0.240 e. The van der Waals surface area contributed by atoms with Crippen LogP contribution in [0.4, 0.5) is 0 Å². The minimum Gasteiger partial charge on any atom is -0.495 e. The number of benzene rings is 1. The molecule has 0 heterocycles. The van der Waals surface area contributed by atoms with E-state index in [0.717, 1.165) is 5.01 Å². The third-order valence-electron chi connectivity index (χ3n) is 2.06. The second-order valence-electron chi connectivity index (χ2n) is 3.26. The van der Waals surface area contributed by atoms with E-state index < -0.39 is 0 Å². The number of hydrogen-bond acceptors (Lipinski definition) is 3. The van der Waals surface area contributed by atoms with Crippen LogP contribution < -0.4 is 10.6 Å². The van der Waals surface area contributed by atoms with Crippen LogP contribution in [-0.2, 0) is 11.2 Å². The van der Waals surface area contributed by atoms with Crippen LogP contribution in [-0.4, -0.2) is 25.1 Å². The zero-order chi connectivity index (χ0) is 12.3. The minimum atomic E-state index is -0.247. The summed E-state index contributed by atoms with van der Waals surface area (Å²) in [4.78, 5) is 11.4. The Morgan fingerprint density at radius 2 is 2.06 bits per heavy atom. The summed E-state index contributed by atoms with van der Waals surface area (Å²) in [5.74, 6) is 5.54. The van der Waals surface area contributed by atoms with Crippen LogP contribution in [0.1, 0.15) is 5.56 Å². The van der Waals surface area contributed by atoms with Crippen LogP contribution in [0.2, 0.25) is 10.0 Å². The number of methoxy groups -OCH3 is 1. The molecular formula is C10H12Cl2N2O2. The van der Waals surface area contributed by atoms with Crippen molar-refractivity contribution in [3.63, 3.8) is 0 Å². The molecule has 0 saturated carbocycles. The predicted octanol–water partition coefficient (Wildman–Crippen LogP) is 1.88. The maximum Gasteiger partial charge on any atom is 0.240 e. The minimum absolute atomic E-state index is 0.107. The van der Waals surface area contributed by atoms with E-state index in [4.69, 9.17) is 33.8 Å². The fourth-order valence-corrected chi connectivity index (χ4v) is 1.63. The van der Waals surface area contributed by atoms with Crippen molar-refractivity contribution in [3.8, 4) is 5.75 Å². The Bertz CT molecular complexity index is 408. The molecule has 88 valence electrons. The molecule has 0 aromatic heterocycles. The molecule has 0 radical (unpaired) electrons. The van der Waals surface area contributed by atoms with E-state index >= 15 is 0 Å². The second kappa shape index (κ2) is 5.39. The third-order valence-corrected chi connectivity index (χ3v) is 2.70. The molecule has 0 aliphatic rings. The van der Waals surface area contributed by atoms with Gasteiger partial charge in [-0.15, -0.1) is 0 Å². The summed E-state index contributed by atoms with van der Waals surface area (Å²) in [5, 5.41) is 1.85. The molecule has 1 amide bonds. The number of amides is 1. The van der Waals surface area contributed by atoms with Gasteiger partial charge in [0, 0.05) is 18.1 Å². The first-order valence-electron chi connectivity index (χ1n) is 4.49. The normalized spacial score (nSPS) is 10.1. The molecule has 1 aromatic rings. The maximum absolute atomic E-state index is 11.4. The van der Waals surface area contributed by atoms with Crippen molar-refractivity contribution in [2.75, 3.05) is 14.2 Å². The van der Waals surface area contributed by atoms with Gasteiger partial charge in [0.1, 0.15) is 5.75 Å². The quantitative estimate of drug-likeness (QED) is 0.514. The van der Waals surface area contributed by atoms with Gasteiger partial charge in [0.05, 0.1) is 18.6 Å². The van der Waals surface area contributed by atoms with Crippen molar-refractivity contribution in [2.45, 2.75) is 6.42 Å². The molecule has 0 atom stereocenters. The highest BCUT2D eigenvalue weighted by Crippen LogP contribution is 2.31. The number of nitrogens with zero attached hydrogens (tertiary/aromatic N) is 1. The van der Waals surface area contributed by atoms with Gasteiger partial charge in [-0.2, -0.15) is 0 Å². The number of halogens is 2. The monoisotopic (exact) mass is 262 g/mol. The predicted molar refractivity (Wildman–Crippen MR) is 63.7 cm³/mol. The van der Waals surface area contributed by atoms with Crippen LogP contribution in [0, 0.1) is 0 Å². The van der Waals surface area contributed by atoms with E-state index in [9.17, 15) is 4.79 Å². The summed E-state index contributed by atoms with van der Waals surface area (Å²) in [6.45, 7) is 0. The molecule has 6 heteroatoms. The highest BCUT2D eigenvalue weighted by atomic mass is 35.5. The average Bonchev–Trinajstić information content (AvgIpc) is 2.22. The van der Waals surface area contributed by atoms with Crippen LogP contribution in [0.5, 0.6) is 5.75 Å². The first-order chi connectivity index (χ1) is 7.45. The number of carbonyl (C=O) groups is 1. The molecule has 4 nitrogen and oxygen atoms in total. The van der Waals surface area contributed by atoms with E-state index in [1.807, 2.05) is 0 Å². The van der Waals surface area contributed by atoms with Crippen molar-refractivity contribution < 1.29 is 9.53 Å². The molecule has 0 saturated heterocycles. The zero-order valence-electron chi connectivity index (χ0n) is 8.96. The molecule has 0 aliphatic carbocycles. The highest BCUT2D eigenvalue weighted by molar-refractivity contribution is 6.34. The Morgan fingerprint density at radius 3 is 2.56 bits per heavy atom. The molecule has 1 rings (SSSR count). The SMILES string of the molecule is COc1cc(Cl)c(CC(=O)N(C)N)cc1Cl. The first kappa shape index (κ1) is 13.1. The van der Waals surface area contributed by atoms with Gasteiger partial charge in [-0.1, -0.05) is 23.2 Å². The molecule has 0 fully saturated rings. The van der Waals surface area contributed by atoms with Crippen molar-refractivity contribution in [3.05, 3.63) is 27.7 Å². The lowest BCUT2D eigenvalue weighted by Gasteiger charge is -2.12. The number of rotatable bonds is 3. The summed E-state index contributed by atoms with van der Waals surface area (Å²) in [6, 6.07) is 3.17. The van der Waals surface area contributed by atoms with Crippen LogP contribution in [0.3, 0.4) is 0 Å². The molecule has 2 N–H and O–H groups in total. The fraction of sp³-hybridized carbons (Fsp3) is 0.300. The van der Waals surface area contributed by atoms with Gasteiger partial charge in [0.2, 0.25) is 5.91 Å². The van der Waals surface area contributed by atoms with Gasteiger partial charge in [-0.3, -0.25) is 9.80 Å². The standard InChI is InChI=1S/C10H12Cl2N2O2/c1-14(13)10(15)4-6-3-8(12)9(16-2)5-7(6)11/h3,5H,4,13H2,1-2H3. The van der Waals surface area contributed by atoms with Gasteiger partial charge in [0.15, 0.2) is 0 Å². The van der Waals surface area contributed by atoms with E-state index in [1.54, 1.807) is 12.1 Å². The van der Waals surface area contributed by atoms with Gasteiger partial charge < -0.3 is 4.74 Å². The second-order valence-corrected chi connectivity index (χ2v) is 4.07. The molecule has 0 spiro atoms. The summed E-state index contributed by atoms with van der Waals surface area (Å²) in [5.41, 5.74) is 0.620. The fourth-order valence-electron chi connectivity index (χ4n) is 1.15. The molecule has 0 aliphatic heterocycles. The molecule has 0 bridgehead atoms. The average molecular weight is 263 g/mol. The van der Waals surface area contributed by atoms with Crippen LogP contribution >= 0.6 is 23.2 Å². The number of ether oxygens (including phenoxy) is 1. The van der Waals surface area contributed by atoms with Gasteiger partial charge >= 0.3 is 0 Å². The number of carbonyl (C=O) groups excluding carboxylic acids is 1. The van der Waals surface area contributed by atoms with Crippen molar-refractivity contribution >= 4 is 29.1 Å². The Morgan fingerprint density at radius 1 is 1.44 bits per heavy atom. The Balaban J connectivity index is 2.98. The number of likely N-dealkylation sites (N-methyl/N-ethyl adjacent to an activating group) is 1. The highest BCUT2D eigenvalue weighted by Gasteiger charge is 2.12. The summed E-state index contributed by atoms with van der Waals surface area (Å²) >= 11 is 11.9. The Labute approximate surface area is 104 Å². The number of hydrazine groups is 1. The molecule has 1 aromatic carbocycles. The van der Waals surface area contributed by atoms with Gasteiger partial charge in [0.25, 0.3) is 0 Å². The molecule has 16 heavy (non-hydrogen) atoms. The summed E-state index contributed by atoms with van der Waals surface area (Å²) in [7, 11) is 2.97. The lowest BCUT2D eigenvalue weighted by molar-refractivity contribution is -0.129. The largest absolute Gasteiger partial charge is 0.495 e. The van der Waals surface area contributed by atoms with E-state index in [1.165, 1.54) is 14.2 Å². The third kappa shape index (κ3) is 3.01. The van der Waals surface area contributed by atoms with Gasteiger partial charge in [-0.25, -0.2) is 5.84 Å². The first-order valence-corrected chi connectivity index (χ1v) is 5.24. The Hall–Kier alpha value is -0.970. The van der Waals surface area contributed by atoms with Crippen molar-refractivity contribution in [1.29, 1.82) is 0 Å². The summed E-state index contributed by atoms with van der Waals surface area (Å²) in [6.07, 6.45) is 0.107. The van der Waals surface area contributed by atoms with Gasteiger partial charge in [-0.05, 0) is 11.6 Å². The lowest BCUT2D eigenvalue weighted by atomic mass is 10.1. The Kier molecular flexibility index (Phi) is 4.41. The van der Waals surface area contributed by atoms with Crippen molar-refractivity contribution in [2.24, 2.45) is 5.84 Å². The van der Waals surface area contributed by atoms with Crippen LogP contribution in [0.25, 0.3) is 0 Å². The maximum atomic E-state index is 11.4. The van der Waals surface area contributed by atoms with Crippen LogP contribution in [0.15, 0.2) is 12.1 Å². The summed E-state index contributed by atoms with van der Waals surface area (Å²) < 4.78 is 5.00.